The van der Waals surface area contributed by atoms with Crippen LogP contribution < -0.4 is 0 Å². The molecule has 1 unspecified atom stereocenters. The van der Waals surface area contributed by atoms with E-state index in [9.17, 15) is 14.2 Å². The van der Waals surface area contributed by atoms with Crippen LogP contribution in [0.4, 0.5) is 0 Å². The van der Waals surface area contributed by atoms with Crippen LogP contribution in [-0.2, 0) is 28.2 Å². The summed E-state index contributed by atoms with van der Waals surface area (Å²) in [4.78, 5) is 42.7. The summed E-state index contributed by atoms with van der Waals surface area (Å²) in [5, 5.41) is 0. The minimum absolute atomic E-state index is 0.0252. The summed E-state index contributed by atoms with van der Waals surface area (Å²) < 4.78 is 26.2. The minimum atomic E-state index is -4.78. The molecule has 0 spiro atoms. The molecule has 8 nitrogen and oxygen atoms in total. The van der Waals surface area contributed by atoms with E-state index in [4.69, 9.17) is 19.3 Å². The van der Waals surface area contributed by atoms with Crippen LogP contribution >= 0.6 is 7.82 Å². The van der Waals surface area contributed by atoms with Crippen molar-refractivity contribution < 1.29 is 37.9 Å². The van der Waals surface area contributed by atoms with Gasteiger partial charge in [-0.05, 0) is 70.6 Å². The Morgan fingerprint density at radius 3 is 1.48 bits per heavy atom. The molecule has 0 aromatic heterocycles. The van der Waals surface area contributed by atoms with Crippen molar-refractivity contribution in [2.75, 3.05) is 13.2 Å². The van der Waals surface area contributed by atoms with Crippen LogP contribution in [0.3, 0.4) is 0 Å². The highest BCUT2D eigenvalue weighted by molar-refractivity contribution is 7.46. The topological polar surface area (TPSA) is 119 Å². The average Bonchev–Trinajstić information content (AvgIpc) is 3.11. The number of rotatable bonds is 35. The SMILES string of the molecule is CC/C=C\C/C=C\C/C=C\C/C=C\C/C=C\CC(=O)OC(COC(=O)CCCCCCCCCCC/C=C\C/C=C\CCCCC)COP(=O)(O)O. The zero-order chi connectivity index (χ0) is 38.2. The van der Waals surface area contributed by atoms with Crippen molar-refractivity contribution in [3.05, 3.63) is 85.1 Å². The number of phosphoric acid groups is 1. The molecule has 0 aromatic rings. The van der Waals surface area contributed by atoms with Crippen molar-refractivity contribution in [1.82, 2.24) is 0 Å². The van der Waals surface area contributed by atoms with Crippen LogP contribution in [0, 0.1) is 0 Å². The molecule has 9 heteroatoms. The third-order valence-electron chi connectivity index (χ3n) is 7.93. The molecule has 0 saturated heterocycles. The molecule has 0 aliphatic heterocycles. The van der Waals surface area contributed by atoms with Crippen LogP contribution in [0.15, 0.2) is 85.1 Å². The van der Waals surface area contributed by atoms with Gasteiger partial charge in [0.25, 0.3) is 0 Å². The number of carbonyl (C=O) groups is 2. The maximum atomic E-state index is 12.3. The monoisotopic (exact) mass is 746 g/mol. The number of phosphoric ester groups is 1. The lowest BCUT2D eigenvalue weighted by atomic mass is 10.1. The van der Waals surface area contributed by atoms with Gasteiger partial charge in [0.15, 0.2) is 6.10 Å². The molecule has 0 amide bonds. The fourth-order valence-electron chi connectivity index (χ4n) is 5.01. The van der Waals surface area contributed by atoms with Gasteiger partial charge in [-0.2, -0.15) is 0 Å². The Morgan fingerprint density at radius 2 is 0.981 bits per heavy atom. The van der Waals surface area contributed by atoms with E-state index in [-0.39, 0.29) is 19.4 Å². The van der Waals surface area contributed by atoms with Crippen LogP contribution in [0.1, 0.15) is 155 Å². The smallest absolute Gasteiger partial charge is 0.462 e. The van der Waals surface area contributed by atoms with E-state index in [1.807, 2.05) is 12.2 Å². The number of hydrogen-bond acceptors (Lipinski definition) is 6. The van der Waals surface area contributed by atoms with Crippen molar-refractivity contribution in [2.24, 2.45) is 0 Å². The van der Waals surface area contributed by atoms with Gasteiger partial charge in [-0.1, -0.05) is 157 Å². The van der Waals surface area contributed by atoms with Gasteiger partial charge in [0.2, 0.25) is 0 Å². The second-order valence-corrected chi connectivity index (χ2v) is 14.1. The van der Waals surface area contributed by atoms with Crippen molar-refractivity contribution in [2.45, 2.75) is 161 Å². The zero-order valence-electron chi connectivity index (χ0n) is 32.4. The molecule has 0 rings (SSSR count). The lowest BCUT2D eigenvalue weighted by molar-refractivity contribution is -0.160. The molecule has 0 fully saturated rings. The van der Waals surface area contributed by atoms with Crippen LogP contribution in [0.25, 0.3) is 0 Å². The summed E-state index contributed by atoms with van der Waals surface area (Å²) in [6.45, 7) is 3.44. The molecular weight excluding hydrogens is 675 g/mol. The quantitative estimate of drug-likeness (QED) is 0.0285. The number of unbranched alkanes of at least 4 members (excludes halogenated alkanes) is 12. The first-order chi connectivity index (χ1) is 25.3. The Labute approximate surface area is 316 Å². The number of hydrogen-bond donors (Lipinski definition) is 2. The summed E-state index contributed by atoms with van der Waals surface area (Å²) in [7, 11) is -4.78. The molecule has 52 heavy (non-hydrogen) atoms. The molecule has 0 saturated carbocycles. The molecule has 1 atom stereocenters. The predicted molar refractivity (Wildman–Crippen MR) is 216 cm³/mol. The fourth-order valence-corrected chi connectivity index (χ4v) is 5.37. The van der Waals surface area contributed by atoms with E-state index in [2.05, 4.69) is 85.2 Å². The Morgan fingerprint density at radius 1 is 0.538 bits per heavy atom. The van der Waals surface area contributed by atoms with E-state index in [1.165, 1.54) is 57.8 Å². The van der Waals surface area contributed by atoms with Gasteiger partial charge in [0, 0.05) is 6.42 Å². The normalized spacial score (nSPS) is 13.4. The third kappa shape index (κ3) is 40.0. The molecule has 0 radical (unpaired) electrons. The van der Waals surface area contributed by atoms with Crippen molar-refractivity contribution >= 4 is 19.8 Å². The van der Waals surface area contributed by atoms with Gasteiger partial charge in [-0.15, -0.1) is 0 Å². The van der Waals surface area contributed by atoms with Gasteiger partial charge in [-0.25, -0.2) is 4.57 Å². The van der Waals surface area contributed by atoms with Crippen molar-refractivity contribution in [1.29, 1.82) is 0 Å². The van der Waals surface area contributed by atoms with Crippen LogP contribution in [-0.4, -0.2) is 41.0 Å². The highest BCUT2D eigenvalue weighted by Gasteiger charge is 2.22. The number of carbonyl (C=O) groups excluding carboxylic acids is 2. The van der Waals surface area contributed by atoms with Gasteiger partial charge in [-0.3, -0.25) is 14.1 Å². The van der Waals surface area contributed by atoms with Gasteiger partial charge in [0.1, 0.15) is 6.61 Å². The Bertz CT molecular complexity index is 1110. The van der Waals surface area contributed by atoms with Crippen LogP contribution in [0.5, 0.6) is 0 Å². The molecule has 296 valence electrons. The lowest BCUT2D eigenvalue weighted by Crippen LogP contribution is -2.29. The van der Waals surface area contributed by atoms with E-state index in [1.54, 1.807) is 6.08 Å². The zero-order valence-corrected chi connectivity index (χ0v) is 33.3. The Balaban J connectivity index is 4.06. The van der Waals surface area contributed by atoms with E-state index < -0.39 is 32.5 Å². The van der Waals surface area contributed by atoms with E-state index >= 15 is 0 Å². The summed E-state index contributed by atoms with van der Waals surface area (Å²) in [6, 6.07) is 0. The highest BCUT2D eigenvalue weighted by Crippen LogP contribution is 2.35. The number of allylic oxidation sites excluding steroid dienone is 13. The van der Waals surface area contributed by atoms with Gasteiger partial charge >= 0.3 is 19.8 Å². The second kappa shape index (κ2) is 38.0. The first-order valence-electron chi connectivity index (χ1n) is 19.9. The van der Waals surface area contributed by atoms with E-state index in [0.717, 1.165) is 57.8 Å². The largest absolute Gasteiger partial charge is 0.469 e. The maximum absolute atomic E-state index is 12.3. The second-order valence-electron chi connectivity index (χ2n) is 12.9. The Kier molecular flexibility index (Phi) is 35.9. The van der Waals surface area contributed by atoms with E-state index in [0.29, 0.717) is 12.8 Å². The molecule has 2 N–H and O–H groups in total. The third-order valence-corrected chi connectivity index (χ3v) is 8.42. The molecule has 0 aliphatic carbocycles. The summed E-state index contributed by atoms with van der Waals surface area (Å²) in [6.07, 6.45) is 50.4. The molecule has 0 heterocycles. The molecule has 0 bridgehead atoms. The maximum Gasteiger partial charge on any atom is 0.469 e. The van der Waals surface area contributed by atoms with Crippen molar-refractivity contribution in [3.63, 3.8) is 0 Å². The minimum Gasteiger partial charge on any atom is -0.462 e. The first kappa shape index (κ1) is 49.2. The summed E-state index contributed by atoms with van der Waals surface area (Å²) in [5.41, 5.74) is 0. The average molecular weight is 747 g/mol. The number of esters is 2. The summed E-state index contributed by atoms with van der Waals surface area (Å²) in [5.74, 6) is -1.04. The Hall–Kier alpha value is -2.77. The summed E-state index contributed by atoms with van der Waals surface area (Å²) >= 11 is 0. The highest BCUT2D eigenvalue weighted by atomic mass is 31.2. The van der Waals surface area contributed by atoms with Gasteiger partial charge in [0.05, 0.1) is 13.0 Å². The van der Waals surface area contributed by atoms with Crippen molar-refractivity contribution in [3.8, 4) is 0 Å². The fraction of sp³-hybridized carbons (Fsp3) is 0.628. The lowest BCUT2D eigenvalue weighted by Gasteiger charge is -2.18. The van der Waals surface area contributed by atoms with Crippen LogP contribution in [0.2, 0.25) is 0 Å². The number of ether oxygens (including phenoxy) is 2. The molecule has 0 aliphatic rings. The standard InChI is InChI=1S/C43H71O8P/c1-3-5-7-9-11-13-15-17-19-20-21-22-24-25-27-29-31-33-35-37-42(44)49-39-41(40-50-52(46,47)48)51-43(45)38-36-34-32-30-28-26-23-18-16-14-12-10-8-6-4-2/h6,8,11-14,17-19,23,28,30,34,36,41H,3-5,7,9-10,15-16,20-22,24-27,29,31-33,35,37-40H2,1-2H3,(H2,46,47,48)/b8-6-,13-11-,14-12-,19-17-,23-18-,30-28-,36-34-. The predicted octanol–water partition coefficient (Wildman–Crippen LogP) is 12.1. The first-order valence-corrected chi connectivity index (χ1v) is 21.4. The van der Waals surface area contributed by atoms with Gasteiger partial charge < -0.3 is 19.3 Å². The molecule has 0 aromatic carbocycles. The molecular formula is C43H71O8P.